The van der Waals surface area contributed by atoms with Crippen molar-refractivity contribution in [2.45, 2.75) is 42.5 Å². The highest BCUT2D eigenvalue weighted by Gasteiger charge is 2.24. The molecule has 14 heavy (non-hydrogen) atoms. The van der Waals surface area contributed by atoms with Crippen molar-refractivity contribution in [3.05, 3.63) is 35.9 Å². The highest BCUT2D eigenvalue weighted by Crippen LogP contribution is 2.23. The molecule has 0 aromatic heterocycles. The van der Waals surface area contributed by atoms with Crippen LogP contribution in [0.5, 0.6) is 0 Å². The Morgan fingerprint density at radius 2 is 1.43 bits per heavy atom. The third kappa shape index (κ3) is 3.48. The first-order chi connectivity index (χ1) is 6.61. The van der Waals surface area contributed by atoms with E-state index in [0.29, 0.717) is 0 Å². The van der Waals surface area contributed by atoms with Crippen LogP contribution in [0.25, 0.3) is 0 Å². The molecule has 0 fully saturated rings. The van der Waals surface area contributed by atoms with Gasteiger partial charge in [-0.25, -0.2) is 0 Å². The van der Waals surface area contributed by atoms with Crippen molar-refractivity contribution in [3.63, 3.8) is 0 Å². The lowest BCUT2D eigenvalue weighted by Gasteiger charge is -2.19. The van der Waals surface area contributed by atoms with Crippen molar-refractivity contribution in [2.75, 3.05) is 0 Å². The van der Waals surface area contributed by atoms with Crippen molar-refractivity contribution in [1.29, 1.82) is 0 Å². The number of rotatable bonds is 4. The minimum Gasteiger partial charge on any atom is -0.0873 e. The van der Waals surface area contributed by atoms with Crippen molar-refractivity contribution >= 4 is 14.1 Å². The smallest absolute Gasteiger partial charge is 0.0873 e. The van der Waals surface area contributed by atoms with Crippen LogP contribution in [0.2, 0.25) is 9.56 Å². The zero-order valence-electron chi connectivity index (χ0n) is 9.83. The van der Waals surface area contributed by atoms with E-state index in [0.717, 1.165) is 9.56 Å². The van der Waals surface area contributed by atoms with Gasteiger partial charge in [0.25, 0.3) is 14.1 Å². The van der Waals surface area contributed by atoms with Gasteiger partial charge in [0, 0.05) is 0 Å². The summed E-state index contributed by atoms with van der Waals surface area (Å²) in [5.74, 6) is 0. The Labute approximate surface area is 92.7 Å². The Balaban J connectivity index is 2.65. The summed E-state index contributed by atoms with van der Waals surface area (Å²) in [6, 6.07) is 10.9. The molecule has 1 rings (SSSR count). The predicted molar refractivity (Wildman–Crippen MR) is 66.1 cm³/mol. The summed E-state index contributed by atoms with van der Waals surface area (Å²) < 4.78 is 1.82. The van der Waals surface area contributed by atoms with Crippen LogP contribution < -0.4 is 0 Å². The first-order valence-corrected chi connectivity index (χ1v) is 7.80. The van der Waals surface area contributed by atoms with Gasteiger partial charge in [0.1, 0.15) is 0 Å². The molecule has 1 aromatic rings. The lowest BCUT2D eigenvalue weighted by atomic mass is 10.2. The Morgan fingerprint density at radius 3 is 1.86 bits per heavy atom. The van der Waals surface area contributed by atoms with Crippen LogP contribution in [-0.2, 0) is 5.28 Å². The quantitative estimate of drug-likeness (QED) is 0.648. The molecule has 0 nitrogen and oxygen atoms in total. The van der Waals surface area contributed by atoms with Gasteiger partial charge in [-0.05, 0) is 0 Å². The van der Waals surface area contributed by atoms with Crippen LogP contribution in [0.15, 0.2) is 30.3 Å². The van der Waals surface area contributed by atoms with Gasteiger partial charge in [-0.2, -0.15) is 0 Å². The lowest BCUT2D eigenvalue weighted by molar-refractivity contribution is 0.919. The van der Waals surface area contributed by atoms with Crippen molar-refractivity contribution in [1.82, 2.24) is 0 Å². The van der Waals surface area contributed by atoms with Gasteiger partial charge in [-0.15, -0.1) is 0 Å². The second kappa shape index (κ2) is 5.59. The van der Waals surface area contributed by atoms with Crippen LogP contribution in [0, 0.1) is 0 Å². The fraction of sp³-hybridized carbons (Fsp3) is 0.538. The topological polar surface area (TPSA) is 0 Å². The molecule has 0 saturated carbocycles. The zero-order chi connectivity index (χ0) is 10.6. The van der Waals surface area contributed by atoms with E-state index in [4.69, 9.17) is 0 Å². The Hall–Kier alpha value is -0.248. The molecule has 76 valence electrons. The maximum atomic E-state index is 2.39. The molecule has 0 spiro atoms. The van der Waals surface area contributed by atoms with E-state index in [9.17, 15) is 0 Å². The fourth-order valence-electron chi connectivity index (χ4n) is 2.13. The Kier molecular flexibility index (Phi) is 4.72. The molecule has 0 saturated heterocycles. The minimum absolute atomic E-state index is 0.607. The van der Waals surface area contributed by atoms with Gasteiger partial charge >= 0.3 is 0 Å². The van der Waals surface area contributed by atoms with E-state index in [-0.39, 0.29) is 0 Å². The number of hydrogen-bond acceptors (Lipinski definition) is 0. The van der Waals surface area contributed by atoms with Crippen LogP contribution in [0.4, 0.5) is 0 Å². The molecule has 0 bridgehead atoms. The normalized spacial score (nSPS) is 11.0. The third-order valence-corrected chi connectivity index (χ3v) is 7.39. The highest BCUT2D eigenvalue weighted by molar-refractivity contribution is 6.61. The van der Waals surface area contributed by atoms with Crippen LogP contribution >= 0.6 is 0 Å². The van der Waals surface area contributed by atoms with E-state index in [1.54, 1.807) is 0 Å². The van der Waals surface area contributed by atoms with Crippen molar-refractivity contribution in [2.24, 2.45) is 0 Å². The summed E-state index contributed by atoms with van der Waals surface area (Å²) in [5, 5.41) is 1.36. The monoisotopic (exact) mass is 204 g/mol. The summed E-state index contributed by atoms with van der Waals surface area (Å²) in [7, 11) is 0. The molecule has 1 heteroatoms. The van der Waals surface area contributed by atoms with Gasteiger partial charge in [0.05, 0.1) is 0 Å². The maximum Gasteiger partial charge on any atom is 0.272 e. The van der Waals surface area contributed by atoms with Crippen molar-refractivity contribution < 1.29 is 0 Å². The van der Waals surface area contributed by atoms with Crippen LogP contribution in [0.3, 0.4) is 0 Å². The Bertz CT molecular complexity index is 243. The van der Waals surface area contributed by atoms with Crippen LogP contribution in [-0.4, -0.2) is 14.1 Å². The van der Waals surface area contributed by atoms with E-state index >= 15 is 0 Å². The average Bonchev–Trinajstić information content (AvgIpc) is 2.15. The van der Waals surface area contributed by atoms with Gasteiger partial charge in [0.2, 0.25) is 0 Å². The summed E-state index contributed by atoms with van der Waals surface area (Å²) in [6.07, 6.45) is 0. The van der Waals surface area contributed by atoms with Crippen molar-refractivity contribution in [3.8, 4) is 0 Å². The minimum atomic E-state index is -0.607. The molecule has 0 N–H and O–H groups in total. The molecule has 0 atom stereocenters. The summed E-state index contributed by atoms with van der Waals surface area (Å²) >= 11 is -0.607. The number of benzene rings is 1. The molecule has 0 aliphatic rings. The van der Waals surface area contributed by atoms with E-state index < -0.39 is 14.1 Å². The molecular weight excluding hydrogens is 183 g/mol. The van der Waals surface area contributed by atoms with Gasteiger partial charge in [0.15, 0.2) is 0 Å². The largest absolute Gasteiger partial charge is 0.272 e. The maximum absolute atomic E-state index is 2.39. The van der Waals surface area contributed by atoms with E-state index in [1.165, 1.54) is 10.8 Å². The second-order valence-corrected chi connectivity index (χ2v) is 9.24. The van der Waals surface area contributed by atoms with Crippen LogP contribution in [0.1, 0.15) is 33.3 Å². The summed E-state index contributed by atoms with van der Waals surface area (Å²) in [6.45, 7) is 9.55. The van der Waals surface area contributed by atoms with Gasteiger partial charge in [-0.1, -0.05) is 78.4 Å². The standard InChI is InChI=1S/C7H7.2C3H7.Al/c1-7-5-3-2-4-6-7;2*1-3-2;/h2-6H,1H2;2*3H,1-2H3;. The van der Waals surface area contributed by atoms with Gasteiger partial charge < -0.3 is 0 Å². The zero-order valence-corrected chi connectivity index (χ0v) is 11.0. The molecule has 0 heterocycles. The molecule has 1 aromatic carbocycles. The predicted octanol–water partition coefficient (Wildman–Crippen LogP) is 4.08. The summed E-state index contributed by atoms with van der Waals surface area (Å²) in [4.78, 5) is 0. The molecule has 0 aliphatic heterocycles. The SMILES string of the molecule is C[CH](C)[Al]([CH2]c1ccccc1)[CH](C)C. The first-order valence-electron chi connectivity index (χ1n) is 5.65. The average molecular weight is 204 g/mol. The lowest BCUT2D eigenvalue weighted by Crippen LogP contribution is -2.24. The molecule has 0 unspecified atom stereocenters. The second-order valence-electron chi connectivity index (χ2n) is 4.84. The highest BCUT2D eigenvalue weighted by atomic mass is 27.2. The molecular formula is C13H21Al. The summed E-state index contributed by atoms with van der Waals surface area (Å²) in [5.41, 5.74) is 1.53. The molecule has 0 amide bonds. The fourth-order valence-corrected chi connectivity index (χ4v) is 5.43. The van der Waals surface area contributed by atoms with E-state index in [1.807, 2.05) is 0 Å². The molecule has 0 radical (unpaired) electrons. The molecule has 0 aliphatic carbocycles. The van der Waals surface area contributed by atoms with E-state index in [2.05, 4.69) is 58.0 Å². The van der Waals surface area contributed by atoms with Gasteiger partial charge in [-0.3, -0.25) is 0 Å². The first kappa shape index (κ1) is 11.8. The Morgan fingerprint density at radius 1 is 0.929 bits per heavy atom. The third-order valence-electron chi connectivity index (χ3n) is 3.03. The number of hydrogen-bond donors (Lipinski definition) is 0.